The van der Waals surface area contributed by atoms with E-state index in [-0.39, 0.29) is 17.4 Å². The summed E-state index contributed by atoms with van der Waals surface area (Å²) in [6.07, 6.45) is 4.32. The van der Waals surface area contributed by atoms with Crippen molar-refractivity contribution in [2.24, 2.45) is 0 Å². The molecule has 0 spiro atoms. The van der Waals surface area contributed by atoms with Crippen LogP contribution in [-0.2, 0) is 6.42 Å². The van der Waals surface area contributed by atoms with Gasteiger partial charge in [-0.05, 0) is 48.9 Å². The number of ether oxygens (including phenoxy) is 1. The van der Waals surface area contributed by atoms with Crippen LogP contribution in [0.2, 0.25) is 0 Å². The van der Waals surface area contributed by atoms with Crippen molar-refractivity contribution in [2.75, 3.05) is 19.6 Å². The first-order valence-corrected chi connectivity index (χ1v) is 8.35. The van der Waals surface area contributed by atoms with Gasteiger partial charge < -0.3 is 14.6 Å². The minimum Gasteiger partial charge on any atom is -0.487 e. The number of piperidine rings is 1. The van der Waals surface area contributed by atoms with Crippen LogP contribution in [0, 0.1) is 5.82 Å². The second kappa shape index (κ2) is 6.71. The van der Waals surface area contributed by atoms with Gasteiger partial charge in [0, 0.05) is 19.3 Å². The van der Waals surface area contributed by atoms with Gasteiger partial charge in [-0.2, -0.15) is 0 Å². The van der Waals surface area contributed by atoms with Crippen molar-refractivity contribution in [3.63, 3.8) is 0 Å². The molecule has 124 valence electrons. The van der Waals surface area contributed by atoms with E-state index >= 15 is 0 Å². The van der Waals surface area contributed by atoms with Crippen molar-refractivity contribution in [1.29, 1.82) is 0 Å². The minimum absolute atomic E-state index is 0.0387. The number of nitrogens with one attached hydrogen (secondary N) is 1. The number of hydrogen-bond donors (Lipinski definition) is 1. The lowest BCUT2D eigenvalue weighted by Crippen LogP contribution is -2.38. The maximum Gasteiger partial charge on any atom is 0.255 e. The van der Waals surface area contributed by atoms with Gasteiger partial charge in [0.2, 0.25) is 0 Å². The number of likely N-dealkylation sites (tertiary alicyclic amines) is 1. The summed E-state index contributed by atoms with van der Waals surface area (Å²) in [7, 11) is 0. The number of halogens is 1. The number of aromatic nitrogens is 1. The molecule has 0 unspecified atom stereocenters. The third-order valence-corrected chi connectivity index (χ3v) is 4.70. The summed E-state index contributed by atoms with van der Waals surface area (Å²) in [5.41, 5.74) is 0.726. The number of benzene rings is 1. The Labute approximate surface area is 135 Å². The highest BCUT2D eigenvalue weighted by Gasteiger charge is 2.21. The number of fused-ring (bicyclic) bond motifs is 1. The lowest BCUT2D eigenvalue weighted by atomic mass is 10.0. The maximum absolute atomic E-state index is 14.3. The van der Waals surface area contributed by atoms with Crippen LogP contribution in [0.15, 0.2) is 23.1 Å². The summed E-state index contributed by atoms with van der Waals surface area (Å²) < 4.78 is 20.3. The summed E-state index contributed by atoms with van der Waals surface area (Å²) in [4.78, 5) is 16.9. The van der Waals surface area contributed by atoms with Crippen LogP contribution in [0.1, 0.15) is 32.3 Å². The number of hydrogen-bond acceptors (Lipinski definition) is 3. The van der Waals surface area contributed by atoms with Gasteiger partial charge in [0.1, 0.15) is 6.10 Å². The highest BCUT2D eigenvalue weighted by atomic mass is 19.1. The largest absolute Gasteiger partial charge is 0.487 e. The van der Waals surface area contributed by atoms with Crippen LogP contribution in [0.4, 0.5) is 4.39 Å². The fourth-order valence-corrected chi connectivity index (χ4v) is 3.22. The Balaban J connectivity index is 1.89. The van der Waals surface area contributed by atoms with Crippen LogP contribution in [0.25, 0.3) is 10.8 Å². The quantitative estimate of drug-likeness (QED) is 0.942. The zero-order chi connectivity index (χ0) is 16.4. The second-order valence-corrected chi connectivity index (χ2v) is 6.08. The summed E-state index contributed by atoms with van der Waals surface area (Å²) in [5.74, 6) is -0.207. The first-order chi connectivity index (χ1) is 11.1. The number of aromatic amines is 1. The molecule has 0 radical (unpaired) electrons. The SMILES string of the molecule is CCc1c[nH]c(=O)c2cc(F)c(OC3CCN(CC)CC3)cc12. The van der Waals surface area contributed by atoms with Crippen LogP contribution in [-0.4, -0.2) is 35.6 Å². The summed E-state index contributed by atoms with van der Waals surface area (Å²) >= 11 is 0. The topological polar surface area (TPSA) is 45.3 Å². The highest BCUT2D eigenvalue weighted by Crippen LogP contribution is 2.28. The van der Waals surface area contributed by atoms with Gasteiger partial charge in [-0.1, -0.05) is 13.8 Å². The molecular formula is C18H23FN2O2. The van der Waals surface area contributed by atoms with E-state index in [0.29, 0.717) is 5.39 Å². The Morgan fingerprint density at radius 1 is 1.26 bits per heavy atom. The smallest absolute Gasteiger partial charge is 0.255 e. The number of nitrogens with zero attached hydrogens (tertiary/aromatic N) is 1. The monoisotopic (exact) mass is 318 g/mol. The molecule has 1 aromatic heterocycles. The van der Waals surface area contributed by atoms with E-state index in [1.807, 2.05) is 6.92 Å². The molecule has 2 heterocycles. The van der Waals surface area contributed by atoms with E-state index in [1.165, 1.54) is 6.07 Å². The molecule has 0 atom stereocenters. The van der Waals surface area contributed by atoms with Gasteiger partial charge in [0.25, 0.3) is 5.56 Å². The molecule has 1 aliphatic rings. The molecule has 1 N–H and O–H groups in total. The zero-order valence-corrected chi connectivity index (χ0v) is 13.7. The molecule has 1 aliphatic heterocycles. The van der Waals surface area contributed by atoms with Crippen molar-refractivity contribution in [2.45, 2.75) is 39.2 Å². The van der Waals surface area contributed by atoms with Gasteiger partial charge in [-0.15, -0.1) is 0 Å². The van der Waals surface area contributed by atoms with E-state index in [9.17, 15) is 9.18 Å². The predicted octanol–water partition coefficient (Wildman–Crippen LogP) is 3.09. The van der Waals surface area contributed by atoms with Crippen molar-refractivity contribution < 1.29 is 9.13 Å². The first kappa shape index (κ1) is 16.0. The molecule has 0 aliphatic carbocycles. The Hall–Kier alpha value is -1.88. The molecule has 4 nitrogen and oxygen atoms in total. The van der Waals surface area contributed by atoms with Gasteiger partial charge in [-0.25, -0.2) is 4.39 Å². The molecule has 23 heavy (non-hydrogen) atoms. The second-order valence-electron chi connectivity index (χ2n) is 6.08. The summed E-state index contributed by atoms with van der Waals surface area (Å²) in [6, 6.07) is 2.98. The van der Waals surface area contributed by atoms with E-state index in [1.54, 1.807) is 12.3 Å². The number of pyridine rings is 1. The van der Waals surface area contributed by atoms with Crippen molar-refractivity contribution in [3.8, 4) is 5.75 Å². The van der Waals surface area contributed by atoms with Crippen LogP contribution in [0.3, 0.4) is 0 Å². The summed E-state index contributed by atoms with van der Waals surface area (Å²) in [6.45, 7) is 7.16. The first-order valence-electron chi connectivity index (χ1n) is 8.35. The zero-order valence-electron chi connectivity index (χ0n) is 13.7. The molecular weight excluding hydrogens is 295 g/mol. The van der Waals surface area contributed by atoms with E-state index in [2.05, 4.69) is 16.8 Å². The molecule has 1 saturated heterocycles. The Morgan fingerprint density at radius 2 is 2.00 bits per heavy atom. The predicted molar refractivity (Wildman–Crippen MR) is 89.7 cm³/mol. The molecule has 2 aromatic rings. The Morgan fingerprint density at radius 3 is 2.65 bits per heavy atom. The van der Waals surface area contributed by atoms with Crippen LogP contribution >= 0.6 is 0 Å². The summed E-state index contributed by atoms with van der Waals surface area (Å²) in [5, 5.41) is 1.16. The molecule has 1 fully saturated rings. The molecule has 0 amide bonds. The lowest BCUT2D eigenvalue weighted by molar-refractivity contribution is 0.100. The average Bonchev–Trinajstić information content (AvgIpc) is 2.57. The third kappa shape index (κ3) is 3.24. The Bertz CT molecular complexity index is 749. The fourth-order valence-electron chi connectivity index (χ4n) is 3.22. The third-order valence-electron chi connectivity index (χ3n) is 4.70. The molecule has 1 aromatic carbocycles. The lowest BCUT2D eigenvalue weighted by Gasteiger charge is -2.31. The standard InChI is InChI=1S/C18H23FN2O2/c1-3-12-11-20-18(22)15-9-16(19)17(10-14(12)15)23-13-5-7-21(4-2)8-6-13/h9-11,13H,3-8H2,1-2H3,(H,20,22). The molecule has 0 bridgehead atoms. The van der Waals surface area contributed by atoms with Crippen molar-refractivity contribution in [1.82, 2.24) is 9.88 Å². The van der Waals surface area contributed by atoms with Gasteiger partial charge in [0.15, 0.2) is 11.6 Å². The van der Waals surface area contributed by atoms with Gasteiger partial charge in [-0.3, -0.25) is 4.79 Å². The number of aryl methyl sites for hydroxylation is 1. The molecule has 5 heteroatoms. The van der Waals surface area contributed by atoms with Gasteiger partial charge in [0.05, 0.1) is 5.39 Å². The highest BCUT2D eigenvalue weighted by molar-refractivity contribution is 5.86. The van der Waals surface area contributed by atoms with Crippen molar-refractivity contribution in [3.05, 3.63) is 40.1 Å². The minimum atomic E-state index is -0.464. The number of H-pyrrole nitrogens is 1. The van der Waals surface area contributed by atoms with Gasteiger partial charge >= 0.3 is 0 Å². The Kier molecular flexibility index (Phi) is 4.66. The van der Waals surface area contributed by atoms with E-state index in [4.69, 9.17) is 4.74 Å². The van der Waals surface area contributed by atoms with Crippen molar-refractivity contribution >= 4 is 10.8 Å². The van der Waals surface area contributed by atoms with E-state index in [0.717, 1.165) is 49.8 Å². The van der Waals surface area contributed by atoms with E-state index < -0.39 is 5.82 Å². The van der Waals surface area contributed by atoms with Crippen LogP contribution in [0.5, 0.6) is 5.75 Å². The molecule has 0 saturated carbocycles. The maximum atomic E-state index is 14.3. The average molecular weight is 318 g/mol. The van der Waals surface area contributed by atoms with Crippen LogP contribution < -0.4 is 10.3 Å². The number of rotatable bonds is 4. The molecule has 3 rings (SSSR count). The fraction of sp³-hybridized carbons (Fsp3) is 0.500. The normalized spacial score (nSPS) is 16.8.